The predicted octanol–water partition coefficient (Wildman–Crippen LogP) is 3.91. The number of sulfonamides is 1. The minimum absolute atomic E-state index is 0.0324. The van der Waals surface area contributed by atoms with Gasteiger partial charge in [0.15, 0.2) is 0 Å². The van der Waals surface area contributed by atoms with Crippen molar-refractivity contribution in [3.63, 3.8) is 0 Å². The van der Waals surface area contributed by atoms with Crippen LogP contribution in [0.25, 0.3) is 0 Å². The first kappa shape index (κ1) is 23.8. The summed E-state index contributed by atoms with van der Waals surface area (Å²) < 4.78 is 53.1. The molecular weight excluding hydrogens is 471 g/mol. The van der Waals surface area contributed by atoms with E-state index >= 15 is 0 Å². The van der Waals surface area contributed by atoms with Crippen molar-refractivity contribution in [1.29, 1.82) is 0 Å². The molecule has 4 rings (SSSR count). The van der Waals surface area contributed by atoms with Crippen molar-refractivity contribution in [1.82, 2.24) is 10.0 Å². The molecule has 0 aromatic heterocycles. The Balaban J connectivity index is 1.41. The third kappa shape index (κ3) is 5.96. The molecular formula is C23H26ClFN2O5S. The summed E-state index contributed by atoms with van der Waals surface area (Å²) in [6.45, 7) is 2.03. The van der Waals surface area contributed by atoms with Gasteiger partial charge in [0.2, 0.25) is 0 Å². The predicted molar refractivity (Wildman–Crippen MR) is 122 cm³/mol. The first-order chi connectivity index (χ1) is 15.8. The van der Waals surface area contributed by atoms with Gasteiger partial charge in [-0.25, -0.2) is 17.5 Å². The number of carbonyl (C=O) groups excluding carboxylic acids is 1. The normalized spacial score (nSPS) is 18.9. The molecule has 178 valence electrons. The fraction of sp³-hybridized carbons (Fsp3) is 0.435. The van der Waals surface area contributed by atoms with Gasteiger partial charge in [-0.05, 0) is 62.1 Å². The summed E-state index contributed by atoms with van der Waals surface area (Å²) in [5, 5.41) is 3.22. The van der Waals surface area contributed by atoms with Gasteiger partial charge in [-0.1, -0.05) is 24.4 Å². The van der Waals surface area contributed by atoms with Crippen LogP contribution in [0.4, 0.5) is 4.39 Å². The van der Waals surface area contributed by atoms with Crippen molar-refractivity contribution in [2.45, 2.75) is 43.1 Å². The van der Waals surface area contributed by atoms with Gasteiger partial charge in [0.05, 0.1) is 22.1 Å². The number of benzene rings is 2. The molecule has 2 aromatic carbocycles. The second-order valence-corrected chi connectivity index (χ2v) is 10.5. The van der Waals surface area contributed by atoms with Gasteiger partial charge in [0.25, 0.3) is 15.9 Å². The van der Waals surface area contributed by atoms with Crippen LogP contribution in [0.2, 0.25) is 5.02 Å². The van der Waals surface area contributed by atoms with Crippen molar-refractivity contribution in [3.05, 3.63) is 52.8 Å². The summed E-state index contributed by atoms with van der Waals surface area (Å²) in [5.74, 6) is -0.964. The van der Waals surface area contributed by atoms with E-state index in [4.69, 9.17) is 21.1 Å². The Morgan fingerprint density at radius 3 is 2.55 bits per heavy atom. The van der Waals surface area contributed by atoms with E-state index in [9.17, 15) is 17.6 Å². The van der Waals surface area contributed by atoms with Crippen LogP contribution in [0.3, 0.4) is 0 Å². The number of hydrogen-bond acceptors (Lipinski definition) is 6. The van der Waals surface area contributed by atoms with E-state index < -0.39 is 27.3 Å². The summed E-state index contributed by atoms with van der Waals surface area (Å²) >= 11 is 6.17. The zero-order valence-electron chi connectivity index (χ0n) is 18.0. The molecule has 2 fully saturated rings. The largest absolute Gasteiger partial charge is 0.492 e. The maximum absolute atomic E-state index is 14.6. The minimum atomic E-state index is -4.22. The van der Waals surface area contributed by atoms with Crippen LogP contribution in [0.15, 0.2) is 41.3 Å². The number of hydrogen-bond donors (Lipinski definition) is 2. The van der Waals surface area contributed by atoms with Crippen LogP contribution < -0.4 is 19.5 Å². The number of carbonyl (C=O) groups is 1. The Hall–Kier alpha value is -2.36. The monoisotopic (exact) mass is 496 g/mol. The Morgan fingerprint density at radius 1 is 1.15 bits per heavy atom. The molecule has 1 saturated carbocycles. The van der Waals surface area contributed by atoms with E-state index in [-0.39, 0.29) is 21.8 Å². The third-order valence-electron chi connectivity index (χ3n) is 5.89. The molecule has 0 radical (unpaired) electrons. The van der Waals surface area contributed by atoms with Gasteiger partial charge < -0.3 is 14.8 Å². The molecule has 7 nitrogen and oxygen atoms in total. The van der Waals surface area contributed by atoms with Crippen LogP contribution in [-0.2, 0) is 10.0 Å². The average molecular weight is 497 g/mol. The highest BCUT2D eigenvalue weighted by molar-refractivity contribution is 7.90. The lowest BCUT2D eigenvalue weighted by atomic mass is 10.1. The Labute approximate surface area is 197 Å². The number of amides is 1. The van der Waals surface area contributed by atoms with Gasteiger partial charge in [-0.3, -0.25) is 4.79 Å². The van der Waals surface area contributed by atoms with Gasteiger partial charge in [-0.2, -0.15) is 0 Å². The van der Waals surface area contributed by atoms with Crippen LogP contribution in [0.1, 0.15) is 42.5 Å². The summed E-state index contributed by atoms with van der Waals surface area (Å²) in [7, 11) is -4.22. The lowest BCUT2D eigenvalue weighted by Crippen LogP contribution is -2.31. The average Bonchev–Trinajstić information content (AvgIpc) is 3.48. The summed E-state index contributed by atoms with van der Waals surface area (Å²) in [6, 6.07) is 7.80. The molecule has 2 aromatic rings. The summed E-state index contributed by atoms with van der Waals surface area (Å²) in [5.41, 5.74) is -0.481. The summed E-state index contributed by atoms with van der Waals surface area (Å²) in [4.78, 5) is 12.4. The minimum Gasteiger partial charge on any atom is -0.492 e. The molecule has 1 aliphatic heterocycles. The van der Waals surface area contributed by atoms with Gasteiger partial charge in [-0.15, -0.1) is 0 Å². The van der Waals surface area contributed by atoms with Crippen molar-refractivity contribution < 1.29 is 27.1 Å². The zero-order chi connectivity index (χ0) is 23.4. The highest BCUT2D eigenvalue weighted by Crippen LogP contribution is 2.31. The van der Waals surface area contributed by atoms with Crippen molar-refractivity contribution in [2.75, 3.05) is 19.7 Å². The van der Waals surface area contributed by atoms with Crippen molar-refractivity contribution in [2.24, 2.45) is 5.92 Å². The van der Waals surface area contributed by atoms with Gasteiger partial charge in [0, 0.05) is 12.6 Å². The molecule has 0 bridgehead atoms. The third-order valence-corrected chi connectivity index (χ3v) is 7.54. The molecule has 0 spiro atoms. The van der Waals surface area contributed by atoms with Crippen LogP contribution in [0, 0.1) is 11.7 Å². The quantitative estimate of drug-likeness (QED) is 0.575. The fourth-order valence-electron chi connectivity index (χ4n) is 4.05. The molecule has 1 aliphatic carbocycles. The maximum atomic E-state index is 14.6. The second-order valence-electron chi connectivity index (χ2n) is 8.36. The van der Waals surface area contributed by atoms with Crippen LogP contribution >= 0.6 is 11.6 Å². The standard InChI is InChI=1S/C23H26ClFN2O5S/c24-20-11-19(21(25)12-22(20)31-14-15-3-1-2-4-15)23(28)27-33(29,30)18-7-5-16(6-8-18)32-17-9-10-26-13-17/h5-8,11-12,15,17,26H,1-4,9-10,13-14H2,(H,27,28)/t17-/m1/s1. The number of rotatable bonds is 8. The molecule has 33 heavy (non-hydrogen) atoms. The first-order valence-electron chi connectivity index (χ1n) is 11.0. The van der Waals surface area contributed by atoms with E-state index in [1.54, 1.807) is 0 Å². The molecule has 2 N–H and O–H groups in total. The van der Waals surface area contributed by atoms with E-state index in [1.165, 1.54) is 24.3 Å². The Bertz CT molecular complexity index is 1100. The first-order valence-corrected chi connectivity index (χ1v) is 12.8. The van der Waals surface area contributed by atoms with E-state index in [0.717, 1.165) is 57.3 Å². The molecule has 1 saturated heterocycles. The van der Waals surface area contributed by atoms with Gasteiger partial charge in [0.1, 0.15) is 23.4 Å². The molecule has 2 aliphatic rings. The highest BCUT2D eigenvalue weighted by Gasteiger charge is 2.24. The Morgan fingerprint density at radius 2 is 1.88 bits per heavy atom. The lowest BCUT2D eigenvalue weighted by Gasteiger charge is -2.14. The van der Waals surface area contributed by atoms with E-state index in [1.807, 2.05) is 4.72 Å². The molecule has 1 atom stereocenters. The van der Waals surface area contributed by atoms with E-state index in [0.29, 0.717) is 18.3 Å². The summed E-state index contributed by atoms with van der Waals surface area (Å²) in [6.07, 6.45) is 5.32. The zero-order valence-corrected chi connectivity index (χ0v) is 19.6. The molecule has 1 heterocycles. The number of nitrogens with one attached hydrogen (secondary N) is 2. The number of halogens is 2. The van der Waals surface area contributed by atoms with Crippen LogP contribution in [-0.4, -0.2) is 40.1 Å². The van der Waals surface area contributed by atoms with E-state index in [2.05, 4.69) is 5.32 Å². The highest BCUT2D eigenvalue weighted by atomic mass is 35.5. The fourth-order valence-corrected chi connectivity index (χ4v) is 5.24. The SMILES string of the molecule is O=C(NS(=O)(=O)c1ccc(O[C@@H]2CCNC2)cc1)c1cc(Cl)c(OCC2CCCC2)cc1F. The van der Waals surface area contributed by atoms with Crippen molar-refractivity contribution in [3.8, 4) is 11.5 Å². The molecule has 10 heteroatoms. The van der Waals surface area contributed by atoms with Gasteiger partial charge >= 0.3 is 0 Å². The van der Waals surface area contributed by atoms with Crippen LogP contribution in [0.5, 0.6) is 11.5 Å². The number of ether oxygens (including phenoxy) is 2. The topological polar surface area (TPSA) is 93.7 Å². The van der Waals surface area contributed by atoms with Crippen molar-refractivity contribution >= 4 is 27.5 Å². The maximum Gasteiger partial charge on any atom is 0.268 e. The Kier molecular flexibility index (Phi) is 7.41. The second kappa shape index (κ2) is 10.3. The lowest BCUT2D eigenvalue weighted by molar-refractivity contribution is 0.0977. The smallest absolute Gasteiger partial charge is 0.268 e. The molecule has 0 unspecified atom stereocenters. The molecule has 1 amide bonds.